The van der Waals surface area contributed by atoms with Crippen LogP contribution < -0.4 is 4.90 Å². The van der Waals surface area contributed by atoms with Crippen molar-refractivity contribution in [3.8, 4) is 11.1 Å². The van der Waals surface area contributed by atoms with Gasteiger partial charge in [-0.3, -0.25) is 0 Å². The fourth-order valence-corrected chi connectivity index (χ4v) is 9.06. The Bertz CT molecular complexity index is 2640. The smallest absolute Gasteiger partial charge is 0.0462 e. The fourth-order valence-electron chi connectivity index (χ4n) is 9.06. The Labute approximate surface area is 318 Å². The van der Waals surface area contributed by atoms with Crippen LogP contribution in [0.2, 0.25) is 0 Å². The first-order valence-electron chi connectivity index (χ1n) is 19.6. The van der Waals surface area contributed by atoms with Gasteiger partial charge in [-0.25, -0.2) is 0 Å². The van der Waals surface area contributed by atoms with Gasteiger partial charge in [0.1, 0.15) is 0 Å². The van der Waals surface area contributed by atoms with Gasteiger partial charge in [-0.05, 0) is 140 Å². The number of rotatable bonds is 6. The molecule has 0 N–H and O–H groups in total. The van der Waals surface area contributed by atoms with Crippen LogP contribution in [0, 0.1) is 5.92 Å². The average Bonchev–Trinajstić information content (AvgIpc) is 3.24. The highest BCUT2D eigenvalue weighted by atomic mass is 15.1. The van der Waals surface area contributed by atoms with Crippen molar-refractivity contribution < 1.29 is 0 Å². The fraction of sp³-hybridized carbons (Fsp3) is 0.132. The average molecular weight is 694 g/mol. The molecule has 0 aliphatic heterocycles. The van der Waals surface area contributed by atoms with Gasteiger partial charge in [-0.2, -0.15) is 0 Å². The third-order valence-electron chi connectivity index (χ3n) is 11.9. The zero-order valence-electron chi connectivity index (χ0n) is 30.8. The van der Waals surface area contributed by atoms with E-state index in [1.165, 1.54) is 71.6 Å². The van der Waals surface area contributed by atoms with Crippen molar-refractivity contribution in [2.24, 2.45) is 5.92 Å². The van der Waals surface area contributed by atoms with E-state index in [9.17, 15) is 0 Å². The maximum absolute atomic E-state index is 2.42. The van der Waals surface area contributed by atoms with Gasteiger partial charge in [0.25, 0.3) is 0 Å². The molecule has 7 aromatic rings. The summed E-state index contributed by atoms with van der Waals surface area (Å²) in [6.07, 6.45) is 16.1. The number of nitrogens with zero attached hydrogens (tertiary/aromatic N) is 1. The summed E-state index contributed by atoms with van der Waals surface area (Å²) in [7, 11) is 0. The van der Waals surface area contributed by atoms with Crippen LogP contribution in [-0.4, -0.2) is 0 Å². The topological polar surface area (TPSA) is 3.24 Å². The molecule has 1 nitrogen and oxygen atoms in total. The zero-order valence-corrected chi connectivity index (χ0v) is 30.8. The maximum Gasteiger partial charge on any atom is 0.0462 e. The number of fused-ring (bicyclic) bond motifs is 5. The molecular weight excluding hydrogens is 651 g/mol. The number of hydrogen-bond donors (Lipinski definition) is 0. The number of allylic oxidation sites excluding steroid dienone is 8. The van der Waals surface area contributed by atoms with Crippen LogP contribution >= 0.6 is 0 Å². The summed E-state index contributed by atoms with van der Waals surface area (Å²) in [5.74, 6) is 0.940. The molecule has 2 atom stereocenters. The second-order valence-corrected chi connectivity index (χ2v) is 15.2. The number of benzene rings is 7. The van der Waals surface area contributed by atoms with E-state index in [4.69, 9.17) is 0 Å². The Morgan fingerprint density at radius 2 is 1.22 bits per heavy atom. The summed E-state index contributed by atoms with van der Waals surface area (Å²) in [5.41, 5.74) is 15.9. The van der Waals surface area contributed by atoms with Crippen molar-refractivity contribution in [2.45, 2.75) is 38.5 Å². The van der Waals surface area contributed by atoms with E-state index in [0.717, 1.165) is 42.7 Å². The molecular formula is C53H43N. The van der Waals surface area contributed by atoms with E-state index in [1.807, 2.05) is 0 Å². The molecule has 10 rings (SSSR count). The molecule has 0 saturated carbocycles. The summed E-state index contributed by atoms with van der Waals surface area (Å²) in [6.45, 7) is 2.28. The summed E-state index contributed by atoms with van der Waals surface area (Å²) >= 11 is 0. The third-order valence-corrected chi connectivity index (χ3v) is 11.9. The van der Waals surface area contributed by atoms with Gasteiger partial charge in [0.2, 0.25) is 0 Å². The van der Waals surface area contributed by atoms with E-state index in [1.54, 1.807) is 0 Å². The van der Waals surface area contributed by atoms with Gasteiger partial charge in [0.05, 0.1) is 0 Å². The first-order chi connectivity index (χ1) is 26.7. The molecule has 54 heavy (non-hydrogen) atoms. The highest BCUT2D eigenvalue weighted by Crippen LogP contribution is 2.47. The van der Waals surface area contributed by atoms with Gasteiger partial charge in [0.15, 0.2) is 0 Å². The second-order valence-electron chi connectivity index (χ2n) is 15.2. The molecule has 3 aliphatic rings. The van der Waals surface area contributed by atoms with Crippen molar-refractivity contribution in [3.05, 3.63) is 210 Å². The molecule has 7 aromatic carbocycles. The Morgan fingerprint density at radius 3 is 1.94 bits per heavy atom. The Morgan fingerprint density at radius 1 is 0.574 bits per heavy atom. The van der Waals surface area contributed by atoms with E-state index < -0.39 is 0 Å². The second kappa shape index (κ2) is 13.7. The van der Waals surface area contributed by atoms with Crippen molar-refractivity contribution in [1.82, 2.24) is 0 Å². The lowest BCUT2D eigenvalue weighted by Crippen LogP contribution is -2.16. The summed E-state index contributed by atoms with van der Waals surface area (Å²) in [6, 6.07) is 56.5. The molecule has 1 heteroatoms. The zero-order chi connectivity index (χ0) is 36.0. The Hall–Kier alpha value is -6.18. The van der Waals surface area contributed by atoms with E-state index >= 15 is 0 Å². The molecule has 0 fully saturated rings. The van der Waals surface area contributed by atoms with Crippen LogP contribution in [0.3, 0.4) is 0 Å². The maximum atomic E-state index is 2.42. The minimum atomic E-state index is 0.339. The van der Waals surface area contributed by atoms with E-state index in [2.05, 4.69) is 194 Å². The minimum Gasteiger partial charge on any atom is -0.311 e. The molecule has 0 bridgehead atoms. The highest BCUT2D eigenvalue weighted by molar-refractivity contribution is 5.98. The lowest BCUT2D eigenvalue weighted by Gasteiger charge is -2.33. The van der Waals surface area contributed by atoms with Crippen LogP contribution in [0.4, 0.5) is 17.1 Å². The van der Waals surface area contributed by atoms with E-state index in [-0.39, 0.29) is 0 Å². The lowest BCUT2D eigenvalue weighted by atomic mass is 9.71. The molecule has 3 aliphatic carbocycles. The Balaban J connectivity index is 1.03. The van der Waals surface area contributed by atoms with Crippen molar-refractivity contribution in [1.29, 1.82) is 0 Å². The monoisotopic (exact) mass is 693 g/mol. The third kappa shape index (κ3) is 5.81. The number of hydrogen-bond acceptors (Lipinski definition) is 1. The standard InChI is InChI=1S/C53H43N/c1-36-17-19-37(20-18-36)38-23-29-44(30-24-38)54(45-31-25-41(26-32-45)48-16-8-11-39-9-2-4-12-47(39)48)46-33-27-42(28-34-46)52-35-43-22-21-40-10-3-5-13-49(40)53(43)51-15-7-6-14-50(51)52/h2-6,8-14,16-17,19-34,36,52H,7,15,18,35H2,1H3. The first kappa shape index (κ1) is 32.5. The molecule has 0 heterocycles. The van der Waals surface area contributed by atoms with E-state index in [0.29, 0.717) is 11.8 Å². The van der Waals surface area contributed by atoms with Gasteiger partial charge in [-0.1, -0.05) is 153 Å². The highest BCUT2D eigenvalue weighted by Gasteiger charge is 2.29. The summed E-state index contributed by atoms with van der Waals surface area (Å²) in [5, 5.41) is 5.27. The largest absolute Gasteiger partial charge is 0.311 e. The van der Waals surface area contributed by atoms with Crippen LogP contribution in [0.25, 0.3) is 43.8 Å². The van der Waals surface area contributed by atoms with Crippen molar-refractivity contribution in [3.63, 3.8) is 0 Å². The lowest BCUT2D eigenvalue weighted by molar-refractivity contribution is 0.739. The van der Waals surface area contributed by atoms with Gasteiger partial charge >= 0.3 is 0 Å². The minimum absolute atomic E-state index is 0.339. The molecule has 2 unspecified atom stereocenters. The molecule has 260 valence electrons. The predicted octanol–water partition coefficient (Wildman–Crippen LogP) is 14.6. The molecule has 0 saturated heterocycles. The predicted molar refractivity (Wildman–Crippen MR) is 231 cm³/mol. The van der Waals surface area contributed by atoms with Gasteiger partial charge in [-0.15, -0.1) is 0 Å². The quantitative estimate of drug-likeness (QED) is 0.168. The van der Waals surface area contributed by atoms with Gasteiger partial charge in [0, 0.05) is 23.0 Å². The normalized spacial score (nSPS) is 17.7. The SMILES string of the molecule is CC1C=CC(c2ccc(N(c3ccc(-c4cccc5ccccc45)cc3)c3ccc(C4Cc5ccc6ccccc6c5C5=C4C=CCC5)cc3)cc2)=CC1. The molecule has 0 spiro atoms. The molecule has 0 radical (unpaired) electrons. The number of anilines is 3. The van der Waals surface area contributed by atoms with Crippen LogP contribution in [0.5, 0.6) is 0 Å². The van der Waals surface area contributed by atoms with Crippen LogP contribution in [0.15, 0.2) is 188 Å². The van der Waals surface area contributed by atoms with Crippen molar-refractivity contribution in [2.75, 3.05) is 4.90 Å². The van der Waals surface area contributed by atoms with Crippen LogP contribution in [0.1, 0.15) is 54.4 Å². The Kier molecular flexibility index (Phi) is 8.22. The molecule has 0 aromatic heterocycles. The van der Waals surface area contributed by atoms with Gasteiger partial charge < -0.3 is 4.90 Å². The summed E-state index contributed by atoms with van der Waals surface area (Å²) in [4.78, 5) is 2.40. The molecule has 0 amide bonds. The first-order valence-corrected chi connectivity index (χ1v) is 19.6. The van der Waals surface area contributed by atoms with Crippen molar-refractivity contribution >= 4 is 49.8 Å². The van der Waals surface area contributed by atoms with Crippen LogP contribution in [-0.2, 0) is 6.42 Å². The summed E-state index contributed by atoms with van der Waals surface area (Å²) < 4.78 is 0.